The van der Waals surface area contributed by atoms with E-state index in [1.165, 1.54) is 0 Å². The zero-order valence-corrected chi connectivity index (χ0v) is 12.6. The predicted octanol–water partition coefficient (Wildman–Crippen LogP) is 3.34. The fraction of sp³-hybridized carbons (Fsp3) is 0. The van der Waals surface area contributed by atoms with Gasteiger partial charge in [-0.1, -0.05) is 6.07 Å². The smallest absolute Gasteiger partial charge is 0.255 e. The molecule has 0 saturated heterocycles. The van der Waals surface area contributed by atoms with Crippen LogP contribution in [0.5, 0.6) is 0 Å². The van der Waals surface area contributed by atoms with Gasteiger partial charge in [-0.2, -0.15) is 5.26 Å². The van der Waals surface area contributed by atoms with Gasteiger partial charge in [-0.3, -0.25) is 4.79 Å². The molecule has 0 radical (unpaired) electrons. The number of nitrogens with one attached hydrogen (secondary N) is 2. The van der Waals surface area contributed by atoms with Gasteiger partial charge in [0, 0.05) is 29.3 Å². The van der Waals surface area contributed by atoms with Gasteiger partial charge < -0.3 is 10.6 Å². The molecule has 0 spiro atoms. The third kappa shape index (κ3) is 3.72. The number of aromatic nitrogens is 2. The van der Waals surface area contributed by atoms with Gasteiger partial charge in [0.05, 0.1) is 11.6 Å². The molecule has 0 aliphatic carbocycles. The second-order valence-electron chi connectivity index (χ2n) is 4.92. The standard InChI is InChI=1S/C18H13N5O/c19-12-13-3-1-4-14(11-13)17(24)22-15-5-7-16(8-6-15)23-18-20-9-2-10-21-18/h1-11H,(H,22,24)(H,20,21,23). The number of benzene rings is 2. The van der Waals surface area contributed by atoms with E-state index >= 15 is 0 Å². The van der Waals surface area contributed by atoms with Gasteiger partial charge in [-0.25, -0.2) is 9.97 Å². The lowest BCUT2D eigenvalue weighted by Crippen LogP contribution is -2.11. The normalized spacial score (nSPS) is 9.79. The molecule has 0 atom stereocenters. The minimum atomic E-state index is -0.265. The Morgan fingerprint density at radius 1 is 0.958 bits per heavy atom. The van der Waals surface area contributed by atoms with Crippen molar-refractivity contribution in [2.24, 2.45) is 0 Å². The lowest BCUT2D eigenvalue weighted by molar-refractivity contribution is 0.102. The average Bonchev–Trinajstić information content (AvgIpc) is 2.64. The Balaban J connectivity index is 1.67. The van der Waals surface area contributed by atoms with Gasteiger partial charge in [0.2, 0.25) is 5.95 Å². The van der Waals surface area contributed by atoms with Crippen LogP contribution in [0.1, 0.15) is 15.9 Å². The highest BCUT2D eigenvalue weighted by Gasteiger charge is 2.07. The molecule has 0 aliphatic rings. The summed E-state index contributed by atoms with van der Waals surface area (Å²) in [7, 11) is 0. The number of carbonyl (C=O) groups is 1. The molecule has 6 nitrogen and oxygen atoms in total. The van der Waals surface area contributed by atoms with Crippen LogP contribution < -0.4 is 10.6 Å². The van der Waals surface area contributed by atoms with E-state index in [-0.39, 0.29) is 5.91 Å². The maximum Gasteiger partial charge on any atom is 0.255 e. The zero-order chi connectivity index (χ0) is 16.8. The molecule has 1 aromatic heterocycles. The number of rotatable bonds is 4. The van der Waals surface area contributed by atoms with Crippen LogP contribution in [-0.2, 0) is 0 Å². The summed E-state index contributed by atoms with van der Waals surface area (Å²) >= 11 is 0. The fourth-order valence-electron chi connectivity index (χ4n) is 2.06. The van der Waals surface area contributed by atoms with Gasteiger partial charge >= 0.3 is 0 Å². The molecule has 3 aromatic rings. The van der Waals surface area contributed by atoms with E-state index in [2.05, 4.69) is 20.6 Å². The van der Waals surface area contributed by atoms with Crippen molar-refractivity contribution in [1.29, 1.82) is 5.26 Å². The Hall–Kier alpha value is -3.72. The molecule has 0 saturated carbocycles. The number of carbonyl (C=O) groups excluding carboxylic acids is 1. The second kappa shape index (κ2) is 7.03. The average molecular weight is 315 g/mol. The molecule has 6 heteroatoms. The maximum absolute atomic E-state index is 12.2. The van der Waals surface area contributed by atoms with E-state index < -0.39 is 0 Å². The molecular weight excluding hydrogens is 302 g/mol. The third-order valence-corrected chi connectivity index (χ3v) is 3.22. The molecule has 0 aliphatic heterocycles. The Kier molecular flexibility index (Phi) is 4.45. The molecule has 2 aromatic carbocycles. The van der Waals surface area contributed by atoms with Crippen molar-refractivity contribution in [2.45, 2.75) is 0 Å². The molecular formula is C18H13N5O. The van der Waals surface area contributed by atoms with Crippen molar-refractivity contribution < 1.29 is 4.79 Å². The molecule has 0 unspecified atom stereocenters. The number of anilines is 3. The van der Waals surface area contributed by atoms with Crippen LogP contribution in [0.2, 0.25) is 0 Å². The van der Waals surface area contributed by atoms with Gasteiger partial charge in [-0.05, 0) is 48.5 Å². The van der Waals surface area contributed by atoms with Crippen molar-refractivity contribution in [3.63, 3.8) is 0 Å². The topological polar surface area (TPSA) is 90.7 Å². The highest BCUT2D eigenvalue weighted by atomic mass is 16.1. The Morgan fingerprint density at radius 3 is 2.38 bits per heavy atom. The van der Waals surface area contributed by atoms with Crippen LogP contribution in [0.25, 0.3) is 0 Å². The lowest BCUT2D eigenvalue weighted by Gasteiger charge is -2.08. The minimum Gasteiger partial charge on any atom is -0.324 e. The Labute approximate surface area is 138 Å². The Morgan fingerprint density at radius 2 is 1.67 bits per heavy atom. The summed E-state index contributed by atoms with van der Waals surface area (Å²) in [6.07, 6.45) is 3.30. The van der Waals surface area contributed by atoms with Crippen molar-refractivity contribution >= 4 is 23.2 Å². The van der Waals surface area contributed by atoms with Crippen molar-refractivity contribution in [3.8, 4) is 6.07 Å². The highest BCUT2D eigenvalue weighted by molar-refractivity contribution is 6.04. The molecule has 1 amide bonds. The molecule has 24 heavy (non-hydrogen) atoms. The van der Waals surface area contributed by atoms with E-state index in [1.807, 2.05) is 18.2 Å². The SMILES string of the molecule is N#Cc1cccc(C(=O)Nc2ccc(Nc3ncccn3)cc2)c1. The monoisotopic (exact) mass is 315 g/mol. The summed E-state index contributed by atoms with van der Waals surface area (Å²) in [6.45, 7) is 0. The first-order valence-corrected chi connectivity index (χ1v) is 7.20. The van der Waals surface area contributed by atoms with Crippen molar-refractivity contribution in [2.75, 3.05) is 10.6 Å². The largest absolute Gasteiger partial charge is 0.324 e. The molecule has 2 N–H and O–H groups in total. The van der Waals surface area contributed by atoms with E-state index in [1.54, 1.807) is 54.9 Å². The fourth-order valence-corrected chi connectivity index (χ4v) is 2.06. The number of nitriles is 1. The van der Waals surface area contributed by atoms with E-state index in [0.717, 1.165) is 5.69 Å². The van der Waals surface area contributed by atoms with Gasteiger partial charge in [0.15, 0.2) is 0 Å². The molecule has 0 fully saturated rings. The van der Waals surface area contributed by atoms with Crippen LogP contribution in [0.15, 0.2) is 67.0 Å². The highest BCUT2D eigenvalue weighted by Crippen LogP contribution is 2.17. The quantitative estimate of drug-likeness (QED) is 0.770. The van der Waals surface area contributed by atoms with Gasteiger partial charge in [0.25, 0.3) is 5.91 Å². The molecule has 116 valence electrons. The van der Waals surface area contributed by atoms with Gasteiger partial charge in [0.1, 0.15) is 0 Å². The third-order valence-electron chi connectivity index (χ3n) is 3.22. The van der Waals surface area contributed by atoms with Crippen molar-refractivity contribution in [3.05, 3.63) is 78.1 Å². The summed E-state index contributed by atoms with van der Waals surface area (Å²) in [5.74, 6) is 0.238. The first kappa shape index (κ1) is 15.2. The summed E-state index contributed by atoms with van der Waals surface area (Å²) in [6, 6.07) is 17.5. The first-order valence-electron chi connectivity index (χ1n) is 7.20. The number of nitrogens with zero attached hydrogens (tertiary/aromatic N) is 3. The van der Waals surface area contributed by atoms with E-state index in [4.69, 9.17) is 5.26 Å². The molecule has 0 bridgehead atoms. The summed E-state index contributed by atoms with van der Waals surface area (Å²) in [5.41, 5.74) is 2.35. The van der Waals surface area contributed by atoms with E-state index in [9.17, 15) is 4.79 Å². The number of hydrogen-bond acceptors (Lipinski definition) is 5. The molecule has 1 heterocycles. The number of amides is 1. The maximum atomic E-state index is 12.2. The van der Waals surface area contributed by atoms with Crippen LogP contribution in [0.4, 0.5) is 17.3 Å². The van der Waals surface area contributed by atoms with Crippen LogP contribution in [-0.4, -0.2) is 15.9 Å². The summed E-state index contributed by atoms with van der Waals surface area (Å²) in [4.78, 5) is 20.4. The second-order valence-corrected chi connectivity index (χ2v) is 4.92. The van der Waals surface area contributed by atoms with E-state index in [0.29, 0.717) is 22.8 Å². The van der Waals surface area contributed by atoms with Crippen LogP contribution >= 0.6 is 0 Å². The van der Waals surface area contributed by atoms with Crippen molar-refractivity contribution in [1.82, 2.24) is 9.97 Å². The zero-order valence-electron chi connectivity index (χ0n) is 12.6. The van der Waals surface area contributed by atoms with Crippen LogP contribution in [0, 0.1) is 11.3 Å². The first-order chi connectivity index (χ1) is 11.7. The predicted molar refractivity (Wildman–Crippen MR) is 90.9 cm³/mol. The van der Waals surface area contributed by atoms with Gasteiger partial charge in [-0.15, -0.1) is 0 Å². The summed E-state index contributed by atoms with van der Waals surface area (Å²) in [5, 5.41) is 14.7. The number of hydrogen-bond donors (Lipinski definition) is 2. The Bertz CT molecular complexity index is 885. The lowest BCUT2D eigenvalue weighted by atomic mass is 10.1. The summed E-state index contributed by atoms with van der Waals surface area (Å²) < 4.78 is 0. The molecule has 3 rings (SSSR count). The minimum absolute atomic E-state index is 0.265. The van der Waals surface area contributed by atoms with Crippen LogP contribution in [0.3, 0.4) is 0 Å².